The van der Waals surface area contributed by atoms with E-state index in [2.05, 4.69) is 23.7 Å². The molecule has 0 saturated heterocycles. The molecule has 17 heavy (non-hydrogen) atoms. The highest BCUT2D eigenvalue weighted by molar-refractivity contribution is 7.10. The minimum Gasteiger partial charge on any atom is -0.305 e. The Hall–Kier alpha value is -1.19. The molecule has 0 aliphatic rings. The molecule has 0 fully saturated rings. The van der Waals surface area contributed by atoms with Crippen molar-refractivity contribution in [1.29, 1.82) is 0 Å². The van der Waals surface area contributed by atoms with E-state index >= 15 is 0 Å². The maximum absolute atomic E-state index is 13.4. The average molecular weight is 249 g/mol. The summed E-state index contributed by atoms with van der Waals surface area (Å²) in [5.41, 5.74) is 1.68. The quantitative estimate of drug-likeness (QED) is 0.862. The van der Waals surface area contributed by atoms with E-state index < -0.39 is 0 Å². The monoisotopic (exact) mass is 249 g/mol. The SMILES string of the molecule is Cc1ccc(CN[C@H](C)c2cccs2)cc1F. The molecule has 1 aromatic heterocycles. The van der Waals surface area contributed by atoms with Crippen LogP contribution in [0.25, 0.3) is 0 Å². The summed E-state index contributed by atoms with van der Waals surface area (Å²) in [5.74, 6) is -0.131. The summed E-state index contributed by atoms with van der Waals surface area (Å²) < 4.78 is 13.4. The predicted molar refractivity (Wildman–Crippen MR) is 70.7 cm³/mol. The minimum absolute atomic E-state index is 0.131. The topological polar surface area (TPSA) is 12.0 Å². The van der Waals surface area contributed by atoms with Crippen molar-refractivity contribution in [3.8, 4) is 0 Å². The van der Waals surface area contributed by atoms with Crippen LogP contribution in [0.1, 0.15) is 29.0 Å². The molecule has 0 unspecified atom stereocenters. The zero-order chi connectivity index (χ0) is 12.3. The van der Waals surface area contributed by atoms with Gasteiger partial charge in [0.25, 0.3) is 0 Å². The molecule has 0 aliphatic heterocycles. The molecule has 0 bridgehead atoms. The zero-order valence-electron chi connectivity index (χ0n) is 10.0. The fourth-order valence-corrected chi connectivity index (χ4v) is 2.41. The number of halogens is 1. The molecule has 1 nitrogen and oxygen atoms in total. The van der Waals surface area contributed by atoms with Gasteiger partial charge in [-0.05, 0) is 42.5 Å². The molecule has 0 saturated carbocycles. The smallest absolute Gasteiger partial charge is 0.126 e. The van der Waals surface area contributed by atoms with Crippen LogP contribution in [-0.4, -0.2) is 0 Å². The van der Waals surface area contributed by atoms with Crippen molar-refractivity contribution < 1.29 is 4.39 Å². The van der Waals surface area contributed by atoms with Gasteiger partial charge in [0.05, 0.1) is 0 Å². The van der Waals surface area contributed by atoms with Gasteiger partial charge in [-0.2, -0.15) is 0 Å². The highest BCUT2D eigenvalue weighted by Gasteiger charge is 2.06. The van der Waals surface area contributed by atoms with E-state index in [1.165, 1.54) is 4.88 Å². The third kappa shape index (κ3) is 3.14. The first-order chi connectivity index (χ1) is 8.16. The lowest BCUT2D eigenvalue weighted by Gasteiger charge is -2.12. The lowest BCUT2D eigenvalue weighted by Crippen LogP contribution is -2.17. The highest BCUT2D eigenvalue weighted by atomic mass is 32.1. The lowest BCUT2D eigenvalue weighted by molar-refractivity contribution is 0.575. The van der Waals surface area contributed by atoms with Crippen LogP contribution in [0, 0.1) is 12.7 Å². The molecule has 0 spiro atoms. The average Bonchev–Trinajstić information content (AvgIpc) is 2.84. The standard InChI is InChI=1S/C14H16FNS/c1-10-5-6-12(8-13(10)15)9-16-11(2)14-4-3-7-17-14/h3-8,11,16H,9H2,1-2H3/t11-/m1/s1. The lowest BCUT2D eigenvalue weighted by atomic mass is 10.1. The summed E-state index contributed by atoms with van der Waals surface area (Å²) in [6.45, 7) is 4.59. The van der Waals surface area contributed by atoms with E-state index in [1.807, 2.05) is 18.2 Å². The van der Waals surface area contributed by atoms with Crippen molar-refractivity contribution in [3.63, 3.8) is 0 Å². The van der Waals surface area contributed by atoms with Crippen LogP contribution < -0.4 is 5.32 Å². The van der Waals surface area contributed by atoms with Gasteiger partial charge in [-0.15, -0.1) is 11.3 Å². The van der Waals surface area contributed by atoms with Gasteiger partial charge in [0.2, 0.25) is 0 Å². The summed E-state index contributed by atoms with van der Waals surface area (Å²) >= 11 is 1.74. The first kappa shape index (κ1) is 12.3. The Morgan fingerprint density at radius 3 is 2.82 bits per heavy atom. The van der Waals surface area contributed by atoms with Crippen LogP contribution in [0.15, 0.2) is 35.7 Å². The van der Waals surface area contributed by atoms with Gasteiger partial charge >= 0.3 is 0 Å². The molecule has 90 valence electrons. The van der Waals surface area contributed by atoms with Crippen molar-refractivity contribution in [2.45, 2.75) is 26.4 Å². The Balaban J connectivity index is 1.96. The first-order valence-electron chi connectivity index (χ1n) is 5.68. The zero-order valence-corrected chi connectivity index (χ0v) is 10.9. The molecule has 1 N–H and O–H groups in total. The van der Waals surface area contributed by atoms with Crippen LogP contribution in [-0.2, 0) is 6.54 Å². The van der Waals surface area contributed by atoms with Crippen molar-refractivity contribution in [3.05, 3.63) is 57.5 Å². The Labute approximate surface area is 105 Å². The van der Waals surface area contributed by atoms with Crippen LogP contribution in [0.3, 0.4) is 0 Å². The number of benzene rings is 1. The van der Waals surface area contributed by atoms with Crippen LogP contribution >= 0.6 is 11.3 Å². The summed E-state index contributed by atoms with van der Waals surface area (Å²) in [6.07, 6.45) is 0. The number of aryl methyl sites for hydroxylation is 1. The maximum Gasteiger partial charge on any atom is 0.126 e. The number of hydrogen-bond acceptors (Lipinski definition) is 2. The van der Waals surface area contributed by atoms with Gasteiger partial charge in [0.15, 0.2) is 0 Å². The first-order valence-corrected chi connectivity index (χ1v) is 6.56. The second-order valence-corrected chi connectivity index (χ2v) is 5.18. The molecule has 3 heteroatoms. The Kier molecular flexibility index (Phi) is 3.92. The van der Waals surface area contributed by atoms with Gasteiger partial charge in [-0.25, -0.2) is 4.39 Å². The molecule has 1 atom stereocenters. The van der Waals surface area contributed by atoms with Gasteiger partial charge < -0.3 is 5.32 Å². The third-order valence-electron chi connectivity index (χ3n) is 2.82. The van der Waals surface area contributed by atoms with Crippen molar-refractivity contribution in [1.82, 2.24) is 5.32 Å². The summed E-state index contributed by atoms with van der Waals surface area (Å²) in [7, 11) is 0. The summed E-state index contributed by atoms with van der Waals surface area (Å²) in [5, 5.41) is 5.46. The molecular weight excluding hydrogens is 233 g/mol. The minimum atomic E-state index is -0.131. The van der Waals surface area contributed by atoms with Crippen LogP contribution in [0.2, 0.25) is 0 Å². The summed E-state index contributed by atoms with van der Waals surface area (Å²) in [6, 6.07) is 9.85. The van der Waals surface area contributed by atoms with E-state index in [0.29, 0.717) is 18.2 Å². The van der Waals surface area contributed by atoms with Crippen LogP contribution in [0.4, 0.5) is 4.39 Å². The van der Waals surface area contributed by atoms with E-state index in [0.717, 1.165) is 5.56 Å². The number of thiophene rings is 1. The fourth-order valence-electron chi connectivity index (χ4n) is 1.66. The molecule has 0 radical (unpaired) electrons. The fraction of sp³-hybridized carbons (Fsp3) is 0.286. The number of hydrogen-bond donors (Lipinski definition) is 1. The van der Waals surface area contributed by atoms with E-state index in [4.69, 9.17) is 0 Å². The number of nitrogens with one attached hydrogen (secondary N) is 1. The van der Waals surface area contributed by atoms with Gasteiger partial charge in [0, 0.05) is 17.5 Å². The van der Waals surface area contributed by atoms with Gasteiger partial charge in [-0.3, -0.25) is 0 Å². The summed E-state index contributed by atoms with van der Waals surface area (Å²) in [4.78, 5) is 1.30. The number of rotatable bonds is 4. The van der Waals surface area contributed by atoms with Crippen LogP contribution in [0.5, 0.6) is 0 Å². The Morgan fingerprint density at radius 2 is 2.18 bits per heavy atom. The normalized spacial score (nSPS) is 12.6. The van der Waals surface area contributed by atoms with Crippen molar-refractivity contribution in [2.24, 2.45) is 0 Å². The molecule has 0 aliphatic carbocycles. The molecule has 0 amide bonds. The molecule has 2 rings (SSSR count). The maximum atomic E-state index is 13.4. The Morgan fingerprint density at radius 1 is 1.35 bits per heavy atom. The van der Waals surface area contributed by atoms with Gasteiger partial charge in [-0.1, -0.05) is 18.2 Å². The molecule has 1 aromatic carbocycles. The molecule has 2 aromatic rings. The molecular formula is C14H16FNS. The largest absolute Gasteiger partial charge is 0.305 e. The molecule has 1 heterocycles. The van der Waals surface area contributed by atoms with E-state index in [-0.39, 0.29) is 5.82 Å². The van der Waals surface area contributed by atoms with Gasteiger partial charge in [0.1, 0.15) is 5.82 Å². The third-order valence-corrected chi connectivity index (χ3v) is 3.87. The Bertz CT molecular complexity index is 479. The van der Waals surface area contributed by atoms with E-state index in [1.54, 1.807) is 24.3 Å². The second kappa shape index (κ2) is 5.43. The highest BCUT2D eigenvalue weighted by Crippen LogP contribution is 2.18. The second-order valence-electron chi connectivity index (χ2n) is 4.20. The van der Waals surface area contributed by atoms with E-state index in [9.17, 15) is 4.39 Å². The predicted octanol–water partition coefficient (Wildman–Crippen LogP) is 4.05. The van der Waals surface area contributed by atoms with Crippen molar-refractivity contribution >= 4 is 11.3 Å². The van der Waals surface area contributed by atoms with Crippen molar-refractivity contribution in [2.75, 3.05) is 0 Å².